The summed E-state index contributed by atoms with van der Waals surface area (Å²) in [5.41, 5.74) is 9.65. The molecule has 0 radical (unpaired) electrons. The van der Waals surface area contributed by atoms with Crippen molar-refractivity contribution in [2.45, 2.75) is 0 Å². The van der Waals surface area contributed by atoms with Crippen molar-refractivity contribution in [3.63, 3.8) is 0 Å². The van der Waals surface area contributed by atoms with Crippen LogP contribution in [0.2, 0.25) is 0 Å². The topological polar surface area (TPSA) is 48.5 Å². The molecule has 10 aromatic rings. The molecule has 3 aromatic heterocycles. The van der Waals surface area contributed by atoms with Gasteiger partial charge in [0.05, 0.1) is 22.1 Å². The van der Waals surface area contributed by atoms with Crippen molar-refractivity contribution in [2.24, 2.45) is 0 Å². The Hall–Kier alpha value is -6.85. The monoisotopic (exact) mass is 639 g/mol. The highest BCUT2D eigenvalue weighted by molar-refractivity contribution is 6.19. The predicted molar refractivity (Wildman–Crippen MR) is 205 cm³/mol. The van der Waals surface area contributed by atoms with Crippen molar-refractivity contribution in [1.82, 2.24) is 24.1 Å². The number of hydrogen-bond donors (Lipinski definition) is 0. The van der Waals surface area contributed by atoms with Gasteiger partial charge in [-0.05, 0) is 48.5 Å². The summed E-state index contributed by atoms with van der Waals surface area (Å²) in [6, 6.07) is 61.5. The van der Waals surface area contributed by atoms with Gasteiger partial charge >= 0.3 is 0 Å². The van der Waals surface area contributed by atoms with Crippen molar-refractivity contribution in [3.8, 4) is 45.5 Å². The number of rotatable bonds is 5. The molecule has 0 aliphatic heterocycles. The van der Waals surface area contributed by atoms with Gasteiger partial charge in [-0.2, -0.15) is 0 Å². The van der Waals surface area contributed by atoms with Gasteiger partial charge in [-0.1, -0.05) is 127 Å². The molecule has 3 heterocycles. The van der Waals surface area contributed by atoms with E-state index in [2.05, 4.69) is 124 Å². The van der Waals surface area contributed by atoms with Gasteiger partial charge < -0.3 is 9.13 Å². The zero-order valence-electron chi connectivity index (χ0n) is 27.0. The maximum Gasteiger partial charge on any atom is 0.164 e. The van der Waals surface area contributed by atoms with E-state index in [4.69, 9.17) is 15.0 Å². The van der Waals surface area contributed by atoms with Gasteiger partial charge in [0.1, 0.15) is 0 Å². The third-order valence-electron chi connectivity index (χ3n) is 9.54. The third kappa shape index (κ3) is 4.52. The van der Waals surface area contributed by atoms with E-state index in [9.17, 15) is 0 Å². The number of nitrogens with zero attached hydrogens (tertiary/aromatic N) is 5. The molecule has 0 amide bonds. The second kappa shape index (κ2) is 11.4. The Balaban J connectivity index is 1.22. The van der Waals surface area contributed by atoms with E-state index in [0.717, 1.165) is 39.1 Å². The van der Waals surface area contributed by atoms with Crippen LogP contribution in [0, 0.1) is 0 Å². The number of aromatic nitrogens is 5. The molecule has 0 unspecified atom stereocenters. The Labute approximate surface area is 288 Å². The number of fused-ring (bicyclic) bond motifs is 6. The van der Waals surface area contributed by atoms with Crippen LogP contribution < -0.4 is 0 Å². The molecule has 10 rings (SSSR count). The molecule has 0 saturated heterocycles. The van der Waals surface area contributed by atoms with E-state index >= 15 is 0 Å². The van der Waals surface area contributed by atoms with Crippen LogP contribution in [-0.2, 0) is 0 Å². The highest BCUT2D eigenvalue weighted by atomic mass is 15.0. The van der Waals surface area contributed by atoms with E-state index < -0.39 is 0 Å². The molecule has 5 heteroatoms. The standard InChI is InChI=1S/C45H29N5/c1-4-15-30(16-5-1)43-46-44(31-17-6-2-7-18-31)48-45(47-43)32-19-14-22-34(27-32)50-40-26-13-11-24-36(40)38-28-37-35-23-10-12-25-39(35)49(41(37)29-42(38)50)33-20-8-3-9-21-33/h1-29H. The number of benzene rings is 7. The molecular weight excluding hydrogens is 611 g/mol. The van der Waals surface area contributed by atoms with Crippen LogP contribution in [0.5, 0.6) is 0 Å². The van der Waals surface area contributed by atoms with Crippen LogP contribution in [0.1, 0.15) is 0 Å². The second-order valence-electron chi connectivity index (χ2n) is 12.5. The quantitative estimate of drug-likeness (QED) is 0.188. The fraction of sp³-hybridized carbons (Fsp3) is 0. The minimum Gasteiger partial charge on any atom is -0.309 e. The summed E-state index contributed by atoms with van der Waals surface area (Å²) in [5, 5.41) is 4.91. The molecule has 0 aliphatic rings. The SMILES string of the molecule is c1ccc(-c2nc(-c3ccccc3)nc(-c3cccc(-n4c5ccccc5c5cc6c7ccccc7n(-c7ccccc7)c6cc54)c3)n2)cc1. The average Bonchev–Trinajstić information content (AvgIpc) is 3.70. The van der Waals surface area contributed by atoms with E-state index in [0.29, 0.717) is 17.5 Å². The minimum atomic E-state index is 0.631. The summed E-state index contributed by atoms with van der Waals surface area (Å²) in [6.07, 6.45) is 0. The molecular formula is C45H29N5. The summed E-state index contributed by atoms with van der Waals surface area (Å²) in [4.78, 5) is 14.9. The highest BCUT2D eigenvalue weighted by Gasteiger charge is 2.19. The largest absolute Gasteiger partial charge is 0.309 e. The molecule has 0 aliphatic carbocycles. The molecule has 234 valence electrons. The lowest BCUT2D eigenvalue weighted by Crippen LogP contribution is -2.01. The van der Waals surface area contributed by atoms with Gasteiger partial charge in [0, 0.05) is 49.6 Å². The summed E-state index contributed by atoms with van der Waals surface area (Å²) in [7, 11) is 0. The molecule has 5 nitrogen and oxygen atoms in total. The van der Waals surface area contributed by atoms with Gasteiger partial charge in [0.25, 0.3) is 0 Å². The fourth-order valence-corrected chi connectivity index (χ4v) is 7.29. The molecule has 0 fully saturated rings. The average molecular weight is 640 g/mol. The Morgan fingerprint density at radius 3 is 1.26 bits per heavy atom. The van der Waals surface area contributed by atoms with Crippen LogP contribution in [0.4, 0.5) is 0 Å². The molecule has 0 saturated carbocycles. The van der Waals surface area contributed by atoms with Crippen LogP contribution in [0.25, 0.3) is 89.2 Å². The van der Waals surface area contributed by atoms with Gasteiger partial charge in [0.2, 0.25) is 0 Å². The van der Waals surface area contributed by atoms with Crippen LogP contribution in [-0.4, -0.2) is 24.1 Å². The molecule has 0 bridgehead atoms. The zero-order valence-corrected chi connectivity index (χ0v) is 27.0. The first-order valence-corrected chi connectivity index (χ1v) is 16.8. The number of hydrogen-bond acceptors (Lipinski definition) is 3. The van der Waals surface area contributed by atoms with Crippen LogP contribution >= 0.6 is 0 Å². The van der Waals surface area contributed by atoms with Crippen LogP contribution in [0.3, 0.4) is 0 Å². The molecule has 0 atom stereocenters. The summed E-state index contributed by atoms with van der Waals surface area (Å²) < 4.78 is 4.75. The first-order valence-electron chi connectivity index (χ1n) is 16.8. The minimum absolute atomic E-state index is 0.631. The number of para-hydroxylation sites is 3. The third-order valence-corrected chi connectivity index (χ3v) is 9.54. The molecule has 0 N–H and O–H groups in total. The molecule has 0 spiro atoms. The maximum absolute atomic E-state index is 5.02. The zero-order chi connectivity index (χ0) is 33.0. The Morgan fingerprint density at radius 1 is 0.280 bits per heavy atom. The first kappa shape index (κ1) is 28.2. The predicted octanol–water partition coefficient (Wildman–Crippen LogP) is 11.1. The highest BCUT2D eigenvalue weighted by Crippen LogP contribution is 2.40. The normalized spacial score (nSPS) is 11.6. The Morgan fingerprint density at radius 2 is 0.700 bits per heavy atom. The van der Waals surface area contributed by atoms with E-state index in [1.807, 2.05) is 60.7 Å². The van der Waals surface area contributed by atoms with Gasteiger partial charge in [-0.3, -0.25) is 0 Å². The van der Waals surface area contributed by atoms with Gasteiger partial charge in [0.15, 0.2) is 17.5 Å². The molecule has 7 aromatic carbocycles. The Bertz CT molecular complexity index is 2800. The lowest BCUT2D eigenvalue weighted by Gasteiger charge is -2.12. The van der Waals surface area contributed by atoms with Crippen molar-refractivity contribution < 1.29 is 0 Å². The van der Waals surface area contributed by atoms with Gasteiger partial charge in [-0.25, -0.2) is 15.0 Å². The lowest BCUT2D eigenvalue weighted by molar-refractivity contribution is 1.07. The Kier molecular flexibility index (Phi) is 6.42. The van der Waals surface area contributed by atoms with Crippen molar-refractivity contribution in [2.75, 3.05) is 0 Å². The smallest absolute Gasteiger partial charge is 0.164 e. The van der Waals surface area contributed by atoms with E-state index in [1.165, 1.54) is 32.6 Å². The molecule has 50 heavy (non-hydrogen) atoms. The van der Waals surface area contributed by atoms with E-state index in [-0.39, 0.29) is 0 Å². The van der Waals surface area contributed by atoms with Crippen molar-refractivity contribution >= 4 is 43.6 Å². The second-order valence-corrected chi connectivity index (χ2v) is 12.5. The van der Waals surface area contributed by atoms with Crippen molar-refractivity contribution in [1.29, 1.82) is 0 Å². The van der Waals surface area contributed by atoms with E-state index in [1.54, 1.807) is 0 Å². The van der Waals surface area contributed by atoms with Gasteiger partial charge in [-0.15, -0.1) is 0 Å². The lowest BCUT2D eigenvalue weighted by atomic mass is 10.1. The first-order chi connectivity index (χ1) is 24.8. The summed E-state index contributed by atoms with van der Waals surface area (Å²) in [5.74, 6) is 1.92. The fourth-order valence-electron chi connectivity index (χ4n) is 7.29. The maximum atomic E-state index is 5.02. The van der Waals surface area contributed by atoms with Crippen LogP contribution in [0.15, 0.2) is 176 Å². The van der Waals surface area contributed by atoms with Crippen molar-refractivity contribution in [3.05, 3.63) is 176 Å². The summed E-state index contributed by atoms with van der Waals surface area (Å²) >= 11 is 0. The summed E-state index contributed by atoms with van der Waals surface area (Å²) in [6.45, 7) is 0.